The smallest absolute Gasteiger partial charge is 0.347 e. The number of aryl methyl sites for hydroxylation is 1. The Morgan fingerprint density at radius 2 is 1.83 bits per heavy atom. The Hall–Kier alpha value is -3.71. The summed E-state index contributed by atoms with van der Waals surface area (Å²) in [5.41, 5.74) is 3.31. The molecule has 7 nitrogen and oxygen atoms in total. The third-order valence-corrected chi connectivity index (χ3v) is 6.98. The van der Waals surface area contributed by atoms with Crippen molar-refractivity contribution in [3.8, 4) is 17.2 Å². The summed E-state index contributed by atoms with van der Waals surface area (Å²) in [5.74, 6) is 2.01. The Labute approximate surface area is 205 Å². The predicted molar refractivity (Wildman–Crippen MR) is 138 cm³/mol. The van der Waals surface area contributed by atoms with Gasteiger partial charge in [0, 0.05) is 11.8 Å². The van der Waals surface area contributed by atoms with Crippen molar-refractivity contribution >= 4 is 16.7 Å². The summed E-state index contributed by atoms with van der Waals surface area (Å²) in [4.78, 5) is 24.6. The van der Waals surface area contributed by atoms with Crippen LogP contribution in [0.3, 0.4) is 0 Å². The number of nitrogens with zero attached hydrogens (tertiary/aromatic N) is 4. The SMILES string of the molecule is CCc1cccc2nc(-c3cccnc3N3CC[N+](C)(Cc4ccc(OC)cc4)CC3)oc(=O)c12. The van der Waals surface area contributed by atoms with E-state index in [1.807, 2.05) is 49.4 Å². The average molecular weight is 472 g/mol. The van der Waals surface area contributed by atoms with Crippen LogP contribution in [0.1, 0.15) is 18.1 Å². The molecule has 35 heavy (non-hydrogen) atoms. The maximum Gasteiger partial charge on any atom is 0.347 e. The normalized spacial score (nSPS) is 15.3. The Morgan fingerprint density at radius 3 is 2.54 bits per heavy atom. The Morgan fingerprint density at radius 1 is 1.06 bits per heavy atom. The molecule has 1 aliphatic rings. The second kappa shape index (κ2) is 9.50. The van der Waals surface area contributed by atoms with Crippen molar-refractivity contribution in [1.82, 2.24) is 9.97 Å². The number of fused-ring (bicyclic) bond motifs is 1. The van der Waals surface area contributed by atoms with Gasteiger partial charge in [-0.1, -0.05) is 19.1 Å². The number of quaternary nitrogens is 1. The molecular weight excluding hydrogens is 440 g/mol. The molecule has 0 amide bonds. The molecule has 0 atom stereocenters. The summed E-state index contributed by atoms with van der Waals surface area (Å²) in [6.07, 6.45) is 2.54. The second-order valence-corrected chi connectivity index (χ2v) is 9.41. The molecule has 0 radical (unpaired) electrons. The maximum absolute atomic E-state index is 12.9. The largest absolute Gasteiger partial charge is 0.497 e. The van der Waals surface area contributed by atoms with Crippen molar-refractivity contribution in [3.05, 3.63) is 82.3 Å². The van der Waals surface area contributed by atoms with Crippen LogP contribution in [-0.2, 0) is 13.0 Å². The van der Waals surface area contributed by atoms with Crippen molar-refractivity contribution in [2.24, 2.45) is 0 Å². The topological polar surface area (TPSA) is 68.5 Å². The van der Waals surface area contributed by atoms with E-state index >= 15 is 0 Å². The van der Waals surface area contributed by atoms with Crippen LogP contribution in [0.25, 0.3) is 22.4 Å². The molecule has 0 aliphatic carbocycles. The fraction of sp³-hybridized carbons (Fsp3) is 0.321. The highest BCUT2D eigenvalue weighted by atomic mass is 16.5. The number of hydrogen-bond acceptors (Lipinski definition) is 6. The lowest BCUT2D eigenvalue weighted by atomic mass is 10.1. The number of benzene rings is 2. The van der Waals surface area contributed by atoms with Gasteiger partial charge in [-0.15, -0.1) is 0 Å². The zero-order chi connectivity index (χ0) is 24.4. The Balaban J connectivity index is 1.39. The van der Waals surface area contributed by atoms with E-state index in [-0.39, 0.29) is 5.63 Å². The molecule has 1 aliphatic heterocycles. The number of pyridine rings is 1. The van der Waals surface area contributed by atoms with Gasteiger partial charge in [0.15, 0.2) is 0 Å². The highest BCUT2D eigenvalue weighted by molar-refractivity contribution is 5.83. The molecule has 4 aromatic rings. The van der Waals surface area contributed by atoms with Gasteiger partial charge < -0.3 is 18.5 Å². The number of hydrogen-bond donors (Lipinski definition) is 0. The molecule has 0 spiro atoms. The van der Waals surface area contributed by atoms with Gasteiger partial charge >= 0.3 is 5.63 Å². The number of piperazine rings is 1. The number of rotatable bonds is 6. The van der Waals surface area contributed by atoms with Gasteiger partial charge in [-0.3, -0.25) is 0 Å². The first kappa shape index (κ1) is 23.1. The molecule has 0 N–H and O–H groups in total. The van der Waals surface area contributed by atoms with Crippen LogP contribution in [0.4, 0.5) is 5.82 Å². The highest BCUT2D eigenvalue weighted by Crippen LogP contribution is 2.30. The summed E-state index contributed by atoms with van der Waals surface area (Å²) < 4.78 is 12.0. The van der Waals surface area contributed by atoms with Crippen LogP contribution in [0.2, 0.25) is 0 Å². The Kier molecular flexibility index (Phi) is 6.26. The van der Waals surface area contributed by atoms with Gasteiger partial charge in [-0.05, 0) is 54.4 Å². The molecule has 180 valence electrons. The van der Waals surface area contributed by atoms with Crippen molar-refractivity contribution < 1.29 is 13.6 Å². The lowest BCUT2D eigenvalue weighted by Crippen LogP contribution is -2.57. The van der Waals surface area contributed by atoms with Crippen LogP contribution in [0, 0.1) is 0 Å². The second-order valence-electron chi connectivity index (χ2n) is 9.41. The number of ether oxygens (including phenoxy) is 1. The molecule has 0 saturated carbocycles. The van der Waals surface area contributed by atoms with Gasteiger partial charge in [0.05, 0.1) is 56.8 Å². The van der Waals surface area contributed by atoms with E-state index in [2.05, 4.69) is 29.1 Å². The van der Waals surface area contributed by atoms with E-state index in [0.29, 0.717) is 16.8 Å². The third-order valence-electron chi connectivity index (χ3n) is 6.98. The van der Waals surface area contributed by atoms with Gasteiger partial charge in [-0.2, -0.15) is 0 Å². The molecule has 1 saturated heterocycles. The van der Waals surface area contributed by atoms with Crippen LogP contribution in [0.15, 0.2) is 70.0 Å². The van der Waals surface area contributed by atoms with Crippen LogP contribution in [0.5, 0.6) is 5.75 Å². The first-order valence-corrected chi connectivity index (χ1v) is 12.1. The number of aromatic nitrogens is 2. The van der Waals surface area contributed by atoms with Crippen molar-refractivity contribution in [1.29, 1.82) is 0 Å². The van der Waals surface area contributed by atoms with Gasteiger partial charge in [0.1, 0.15) is 18.1 Å². The maximum atomic E-state index is 12.9. The monoisotopic (exact) mass is 471 g/mol. The van der Waals surface area contributed by atoms with Crippen LogP contribution < -0.4 is 15.3 Å². The van der Waals surface area contributed by atoms with Crippen molar-refractivity contribution in [2.75, 3.05) is 45.2 Å². The number of anilines is 1. The van der Waals surface area contributed by atoms with E-state index in [9.17, 15) is 4.79 Å². The zero-order valence-corrected chi connectivity index (χ0v) is 20.5. The van der Waals surface area contributed by atoms with E-state index < -0.39 is 0 Å². The van der Waals surface area contributed by atoms with Crippen LogP contribution >= 0.6 is 0 Å². The van der Waals surface area contributed by atoms with E-state index in [1.54, 1.807) is 13.3 Å². The van der Waals surface area contributed by atoms with E-state index in [4.69, 9.17) is 14.1 Å². The lowest BCUT2D eigenvalue weighted by Gasteiger charge is -2.42. The van der Waals surface area contributed by atoms with Crippen LogP contribution in [-0.4, -0.2) is 54.8 Å². The van der Waals surface area contributed by atoms with Gasteiger partial charge in [0.25, 0.3) is 0 Å². The number of likely N-dealkylation sites (N-methyl/N-ethyl adjacent to an activating group) is 1. The average Bonchev–Trinajstić information content (AvgIpc) is 2.89. The fourth-order valence-corrected chi connectivity index (χ4v) is 4.90. The van der Waals surface area contributed by atoms with E-state index in [1.165, 1.54) is 5.56 Å². The fourth-order valence-electron chi connectivity index (χ4n) is 4.90. The molecule has 1 fully saturated rings. The highest BCUT2D eigenvalue weighted by Gasteiger charge is 2.31. The molecule has 2 aromatic heterocycles. The molecular formula is C28H31N4O3+. The molecule has 7 heteroatoms. The summed E-state index contributed by atoms with van der Waals surface area (Å²) >= 11 is 0. The van der Waals surface area contributed by atoms with Crippen molar-refractivity contribution in [3.63, 3.8) is 0 Å². The summed E-state index contributed by atoms with van der Waals surface area (Å²) in [5, 5.41) is 0.564. The third kappa shape index (κ3) is 4.64. The van der Waals surface area contributed by atoms with Gasteiger partial charge in [0.2, 0.25) is 5.89 Å². The minimum atomic E-state index is -0.348. The van der Waals surface area contributed by atoms with E-state index in [0.717, 1.165) is 66.3 Å². The van der Waals surface area contributed by atoms with Gasteiger partial charge in [-0.25, -0.2) is 14.8 Å². The van der Waals surface area contributed by atoms with Crippen molar-refractivity contribution in [2.45, 2.75) is 19.9 Å². The quantitative estimate of drug-likeness (QED) is 0.391. The molecule has 5 rings (SSSR count). The Bertz CT molecular complexity index is 1390. The summed E-state index contributed by atoms with van der Waals surface area (Å²) in [7, 11) is 3.99. The number of methoxy groups -OCH3 is 1. The molecule has 0 bridgehead atoms. The zero-order valence-electron chi connectivity index (χ0n) is 20.5. The predicted octanol–water partition coefficient (Wildman–Crippen LogP) is 4.29. The molecule has 3 heterocycles. The first-order valence-electron chi connectivity index (χ1n) is 12.1. The summed E-state index contributed by atoms with van der Waals surface area (Å²) in [6.45, 7) is 6.67. The molecule has 2 aromatic carbocycles. The first-order chi connectivity index (χ1) is 17.0. The molecule has 0 unspecified atom stereocenters. The standard InChI is InChI=1S/C28H31N4O3/c1-4-21-7-5-9-24-25(21)28(33)35-27(30-24)23-8-6-14-29-26(23)31-15-17-32(2,18-16-31)19-20-10-12-22(34-3)13-11-20/h5-14H,4,15-19H2,1-3H3/q+1. The minimum absolute atomic E-state index is 0.319. The minimum Gasteiger partial charge on any atom is -0.497 e. The lowest BCUT2D eigenvalue weighted by molar-refractivity contribution is -0.923. The summed E-state index contributed by atoms with van der Waals surface area (Å²) in [6, 6.07) is 17.9.